The first-order valence-electron chi connectivity index (χ1n) is 7.56. The Morgan fingerprint density at radius 2 is 2.16 bits per heavy atom. The molecule has 0 N–H and O–H groups in total. The molecule has 0 radical (unpaired) electrons. The molecule has 0 aromatic heterocycles. The van der Waals surface area contributed by atoms with Gasteiger partial charge in [-0.25, -0.2) is 0 Å². The summed E-state index contributed by atoms with van der Waals surface area (Å²) in [6, 6.07) is 6.41. The summed E-state index contributed by atoms with van der Waals surface area (Å²) in [5, 5.41) is 0.122. The summed E-state index contributed by atoms with van der Waals surface area (Å²) in [6.45, 7) is 4.87. The Morgan fingerprint density at radius 1 is 1.32 bits per heavy atom. The Hall–Kier alpha value is -0.690. The van der Waals surface area contributed by atoms with Gasteiger partial charge in [-0.3, -0.25) is 0 Å². The minimum absolute atomic E-state index is 0.122. The van der Waals surface area contributed by atoms with Crippen molar-refractivity contribution in [2.45, 2.75) is 44.9 Å². The molecule has 3 rings (SSSR count). The summed E-state index contributed by atoms with van der Waals surface area (Å²) in [6.07, 6.45) is 5.53. The highest BCUT2D eigenvalue weighted by molar-refractivity contribution is 6.21. The molecule has 2 saturated carbocycles. The molecule has 0 amide bonds. The van der Waals surface area contributed by atoms with Gasteiger partial charge in [0.1, 0.15) is 5.75 Å². The van der Waals surface area contributed by atoms with Crippen molar-refractivity contribution in [1.82, 2.24) is 0 Å². The third-order valence-electron chi connectivity index (χ3n) is 4.93. The van der Waals surface area contributed by atoms with Gasteiger partial charge in [-0.2, -0.15) is 0 Å². The van der Waals surface area contributed by atoms with E-state index in [4.69, 9.17) is 16.3 Å². The average molecular weight is 279 g/mol. The van der Waals surface area contributed by atoms with Crippen molar-refractivity contribution in [3.8, 4) is 5.75 Å². The zero-order valence-electron chi connectivity index (χ0n) is 11.9. The molecule has 2 fully saturated rings. The predicted molar refractivity (Wildman–Crippen MR) is 79.9 cm³/mol. The second kappa shape index (κ2) is 5.36. The number of benzene rings is 1. The Balaban J connectivity index is 1.86. The van der Waals surface area contributed by atoms with Crippen LogP contribution in [0, 0.1) is 24.7 Å². The van der Waals surface area contributed by atoms with Crippen molar-refractivity contribution < 1.29 is 4.74 Å². The first-order valence-corrected chi connectivity index (χ1v) is 8.00. The molecule has 2 aliphatic rings. The normalized spacial score (nSPS) is 30.6. The summed E-state index contributed by atoms with van der Waals surface area (Å²) in [5.74, 6) is 3.43. The van der Waals surface area contributed by atoms with Crippen molar-refractivity contribution in [3.63, 3.8) is 0 Å². The minimum Gasteiger partial charge on any atom is -0.494 e. The topological polar surface area (TPSA) is 9.23 Å². The van der Waals surface area contributed by atoms with Crippen molar-refractivity contribution in [2.75, 3.05) is 6.61 Å². The van der Waals surface area contributed by atoms with Gasteiger partial charge >= 0.3 is 0 Å². The van der Waals surface area contributed by atoms with E-state index in [1.807, 2.05) is 6.92 Å². The number of aryl methyl sites for hydroxylation is 1. The number of ether oxygens (including phenoxy) is 1. The highest BCUT2D eigenvalue weighted by atomic mass is 35.5. The summed E-state index contributed by atoms with van der Waals surface area (Å²) >= 11 is 6.84. The van der Waals surface area contributed by atoms with Gasteiger partial charge in [0.05, 0.1) is 12.0 Å². The highest BCUT2D eigenvalue weighted by Crippen LogP contribution is 2.55. The molecule has 1 aromatic rings. The van der Waals surface area contributed by atoms with Crippen LogP contribution in [0.4, 0.5) is 0 Å². The van der Waals surface area contributed by atoms with Crippen molar-refractivity contribution in [1.29, 1.82) is 0 Å². The smallest absolute Gasteiger partial charge is 0.123 e. The number of fused-ring (bicyclic) bond motifs is 2. The quantitative estimate of drug-likeness (QED) is 0.696. The first-order chi connectivity index (χ1) is 9.19. The van der Waals surface area contributed by atoms with E-state index in [9.17, 15) is 0 Å². The molecule has 0 heterocycles. The summed E-state index contributed by atoms with van der Waals surface area (Å²) in [4.78, 5) is 0. The molecule has 2 aliphatic carbocycles. The molecule has 0 spiro atoms. The number of hydrogen-bond donors (Lipinski definition) is 0. The number of rotatable bonds is 4. The molecule has 0 saturated heterocycles. The molecule has 4 unspecified atom stereocenters. The lowest BCUT2D eigenvalue weighted by molar-refractivity contribution is 0.306. The van der Waals surface area contributed by atoms with Crippen LogP contribution in [0.5, 0.6) is 5.75 Å². The zero-order chi connectivity index (χ0) is 13.4. The van der Waals surface area contributed by atoms with Crippen LogP contribution in [0.25, 0.3) is 0 Å². The second-order valence-corrected chi connectivity index (χ2v) is 6.68. The third-order valence-corrected chi connectivity index (χ3v) is 5.49. The minimum atomic E-state index is 0.122. The number of hydrogen-bond acceptors (Lipinski definition) is 1. The maximum absolute atomic E-state index is 6.84. The van der Waals surface area contributed by atoms with Crippen LogP contribution in [0.2, 0.25) is 0 Å². The largest absolute Gasteiger partial charge is 0.494 e. The summed E-state index contributed by atoms with van der Waals surface area (Å²) in [5.41, 5.74) is 2.48. The van der Waals surface area contributed by atoms with Gasteiger partial charge in [-0.05, 0) is 56.9 Å². The summed E-state index contributed by atoms with van der Waals surface area (Å²) < 4.78 is 5.77. The van der Waals surface area contributed by atoms with Gasteiger partial charge < -0.3 is 4.74 Å². The molecule has 19 heavy (non-hydrogen) atoms. The Labute approximate surface area is 121 Å². The molecule has 0 aliphatic heterocycles. The van der Waals surface area contributed by atoms with Crippen molar-refractivity contribution in [2.24, 2.45) is 17.8 Å². The maximum atomic E-state index is 6.84. The fourth-order valence-corrected chi connectivity index (χ4v) is 4.53. The van der Waals surface area contributed by atoms with E-state index in [-0.39, 0.29) is 5.38 Å². The Kier molecular flexibility index (Phi) is 3.75. The van der Waals surface area contributed by atoms with Crippen molar-refractivity contribution >= 4 is 11.6 Å². The van der Waals surface area contributed by atoms with Crippen LogP contribution in [0.15, 0.2) is 18.2 Å². The standard InChI is InChI=1S/C17H23ClO/c1-3-19-16-7-4-11(2)8-15(16)17(18)14-10-12-5-6-13(14)9-12/h4,7-8,12-14,17H,3,5-6,9-10H2,1-2H3. The number of alkyl halides is 1. The van der Waals surface area contributed by atoms with Gasteiger partial charge in [0.25, 0.3) is 0 Å². The van der Waals surface area contributed by atoms with E-state index in [0.717, 1.165) is 17.6 Å². The molecule has 1 aromatic carbocycles. The third kappa shape index (κ3) is 2.50. The zero-order valence-corrected chi connectivity index (χ0v) is 12.6. The molecule has 1 nitrogen and oxygen atoms in total. The summed E-state index contributed by atoms with van der Waals surface area (Å²) in [7, 11) is 0. The molecular formula is C17H23ClO. The maximum Gasteiger partial charge on any atom is 0.123 e. The monoisotopic (exact) mass is 278 g/mol. The van der Waals surface area contributed by atoms with Crippen LogP contribution in [0.1, 0.15) is 49.1 Å². The van der Waals surface area contributed by atoms with Crippen LogP contribution < -0.4 is 4.74 Å². The van der Waals surface area contributed by atoms with E-state index < -0.39 is 0 Å². The molecular weight excluding hydrogens is 256 g/mol. The highest BCUT2D eigenvalue weighted by Gasteiger charge is 2.43. The predicted octanol–water partition coefficient (Wildman–Crippen LogP) is 5.11. The SMILES string of the molecule is CCOc1ccc(C)cc1C(Cl)C1CC2CCC1C2. The lowest BCUT2D eigenvalue weighted by Crippen LogP contribution is -2.16. The van der Waals surface area contributed by atoms with Gasteiger partial charge in [0, 0.05) is 5.56 Å². The van der Waals surface area contributed by atoms with E-state index in [2.05, 4.69) is 25.1 Å². The van der Waals surface area contributed by atoms with Gasteiger partial charge in [0.15, 0.2) is 0 Å². The van der Waals surface area contributed by atoms with Crippen LogP contribution in [-0.4, -0.2) is 6.61 Å². The lowest BCUT2D eigenvalue weighted by atomic mass is 9.83. The number of halogens is 1. The van der Waals surface area contributed by atoms with E-state index in [0.29, 0.717) is 12.5 Å². The van der Waals surface area contributed by atoms with E-state index >= 15 is 0 Å². The fourth-order valence-electron chi connectivity index (χ4n) is 4.05. The second-order valence-electron chi connectivity index (χ2n) is 6.21. The van der Waals surface area contributed by atoms with Crippen LogP contribution in [-0.2, 0) is 0 Å². The molecule has 4 atom stereocenters. The lowest BCUT2D eigenvalue weighted by Gasteiger charge is -2.28. The van der Waals surface area contributed by atoms with Gasteiger partial charge in [-0.15, -0.1) is 11.6 Å². The molecule has 2 heteroatoms. The molecule has 104 valence electrons. The van der Waals surface area contributed by atoms with E-state index in [1.165, 1.54) is 36.8 Å². The van der Waals surface area contributed by atoms with Crippen LogP contribution in [0.3, 0.4) is 0 Å². The first kappa shape index (κ1) is 13.3. The van der Waals surface area contributed by atoms with Gasteiger partial charge in [0.2, 0.25) is 0 Å². The Morgan fingerprint density at radius 3 is 2.79 bits per heavy atom. The Bertz CT molecular complexity index is 457. The average Bonchev–Trinajstić information content (AvgIpc) is 3.02. The van der Waals surface area contributed by atoms with Gasteiger partial charge in [-0.1, -0.05) is 24.1 Å². The fraction of sp³-hybridized carbons (Fsp3) is 0.647. The van der Waals surface area contributed by atoms with E-state index in [1.54, 1.807) is 0 Å². The molecule has 2 bridgehead atoms. The van der Waals surface area contributed by atoms with Crippen LogP contribution >= 0.6 is 11.6 Å². The van der Waals surface area contributed by atoms with Crippen molar-refractivity contribution in [3.05, 3.63) is 29.3 Å².